The zero-order chi connectivity index (χ0) is 16.2. The fraction of sp³-hybridized carbons (Fsp3) is 0.211. The molecule has 23 heavy (non-hydrogen) atoms. The van der Waals surface area contributed by atoms with Crippen molar-refractivity contribution in [1.82, 2.24) is 9.78 Å². The Morgan fingerprint density at radius 1 is 1.09 bits per heavy atom. The normalized spacial score (nSPS) is 10.7. The first-order chi connectivity index (χ1) is 11.2. The van der Waals surface area contributed by atoms with Gasteiger partial charge < -0.3 is 4.74 Å². The van der Waals surface area contributed by atoms with Crippen molar-refractivity contribution in [3.63, 3.8) is 0 Å². The summed E-state index contributed by atoms with van der Waals surface area (Å²) in [6, 6.07) is 15.5. The van der Waals surface area contributed by atoms with Gasteiger partial charge in [0.1, 0.15) is 11.5 Å². The highest BCUT2D eigenvalue weighted by atomic mass is 35.5. The Bertz CT molecular complexity index is 793. The summed E-state index contributed by atoms with van der Waals surface area (Å²) in [5.41, 5.74) is 3.33. The monoisotopic (exact) mass is 326 g/mol. The number of aromatic nitrogens is 2. The third kappa shape index (κ3) is 3.57. The van der Waals surface area contributed by atoms with E-state index >= 15 is 0 Å². The SMILES string of the molecule is CCCn1cc(-c2ccc(Oc3ccccc3Cl)cc2)c(C)n1. The van der Waals surface area contributed by atoms with Crippen LogP contribution in [0.15, 0.2) is 54.7 Å². The number of halogens is 1. The van der Waals surface area contributed by atoms with Gasteiger partial charge in [-0.2, -0.15) is 5.10 Å². The van der Waals surface area contributed by atoms with Crippen molar-refractivity contribution in [2.75, 3.05) is 0 Å². The minimum absolute atomic E-state index is 0.605. The summed E-state index contributed by atoms with van der Waals surface area (Å²) in [7, 11) is 0. The van der Waals surface area contributed by atoms with Gasteiger partial charge >= 0.3 is 0 Å². The van der Waals surface area contributed by atoms with E-state index in [0.717, 1.165) is 35.5 Å². The topological polar surface area (TPSA) is 27.1 Å². The van der Waals surface area contributed by atoms with Crippen LogP contribution in [0.5, 0.6) is 11.5 Å². The first kappa shape index (κ1) is 15.6. The summed E-state index contributed by atoms with van der Waals surface area (Å²) in [6.45, 7) is 5.13. The highest BCUT2D eigenvalue weighted by molar-refractivity contribution is 6.32. The lowest BCUT2D eigenvalue weighted by atomic mass is 10.1. The van der Waals surface area contributed by atoms with Gasteiger partial charge in [-0.05, 0) is 43.2 Å². The number of hydrogen-bond donors (Lipinski definition) is 0. The van der Waals surface area contributed by atoms with Gasteiger partial charge in [-0.1, -0.05) is 42.8 Å². The molecule has 0 aliphatic heterocycles. The van der Waals surface area contributed by atoms with Crippen LogP contribution in [0, 0.1) is 6.92 Å². The van der Waals surface area contributed by atoms with Gasteiger partial charge in [0.25, 0.3) is 0 Å². The van der Waals surface area contributed by atoms with Gasteiger partial charge in [0.05, 0.1) is 10.7 Å². The van der Waals surface area contributed by atoms with E-state index in [-0.39, 0.29) is 0 Å². The zero-order valence-electron chi connectivity index (χ0n) is 13.3. The fourth-order valence-electron chi connectivity index (χ4n) is 2.50. The maximum absolute atomic E-state index is 6.12. The molecule has 0 radical (unpaired) electrons. The van der Waals surface area contributed by atoms with Crippen molar-refractivity contribution in [3.05, 3.63) is 65.4 Å². The number of hydrogen-bond acceptors (Lipinski definition) is 2. The lowest BCUT2D eigenvalue weighted by Gasteiger charge is -2.08. The van der Waals surface area contributed by atoms with E-state index in [1.165, 1.54) is 0 Å². The first-order valence-electron chi connectivity index (χ1n) is 7.74. The molecular formula is C19H19ClN2O. The average Bonchev–Trinajstić information content (AvgIpc) is 2.91. The van der Waals surface area contributed by atoms with Crippen LogP contribution < -0.4 is 4.74 Å². The molecule has 3 nitrogen and oxygen atoms in total. The molecule has 0 spiro atoms. The molecule has 0 fully saturated rings. The first-order valence-corrected chi connectivity index (χ1v) is 8.12. The van der Waals surface area contributed by atoms with E-state index in [0.29, 0.717) is 10.8 Å². The van der Waals surface area contributed by atoms with Crippen LogP contribution in [0.3, 0.4) is 0 Å². The summed E-state index contributed by atoms with van der Waals surface area (Å²) >= 11 is 6.12. The summed E-state index contributed by atoms with van der Waals surface area (Å²) in [4.78, 5) is 0. The number of ether oxygens (including phenoxy) is 1. The second kappa shape index (κ2) is 6.88. The molecule has 1 aromatic heterocycles. The van der Waals surface area contributed by atoms with Crippen LogP contribution in [0.25, 0.3) is 11.1 Å². The third-order valence-electron chi connectivity index (χ3n) is 3.63. The van der Waals surface area contributed by atoms with Crippen LogP contribution in [-0.4, -0.2) is 9.78 Å². The van der Waals surface area contributed by atoms with Gasteiger partial charge in [-0.15, -0.1) is 0 Å². The molecule has 0 unspecified atom stereocenters. The van der Waals surface area contributed by atoms with Crippen molar-refractivity contribution in [1.29, 1.82) is 0 Å². The van der Waals surface area contributed by atoms with Crippen molar-refractivity contribution in [2.45, 2.75) is 26.8 Å². The van der Waals surface area contributed by atoms with Crippen molar-refractivity contribution in [3.8, 4) is 22.6 Å². The minimum Gasteiger partial charge on any atom is -0.456 e. The largest absolute Gasteiger partial charge is 0.456 e. The Kier molecular flexibility index (Phi) is 4.68. The van der Waals surface area contributed by atoms with Crippen molar-refractivity contribution < 1.29 is 4.74 Å². The fourth-order valence-corrected chi connectivity index (χ4v) is 2.68. The van der Waals surface area contributed by atoms with Crippen molar-refractivity contribution in [2.24, 2.45) is 0 Å². The molecule has 0 aliphatic rings. The number of rotatable bonds is 5. The van der Waals surface area contributed by atoms with Gasteiger partial charge in [0.2, 0.25) is 0 Å². The Labute approximate surface area is 141 Å². The Morgan fingerprint density at radius 2 is 1.83 bits per heavy atom. The minimum atomic E-state index is 0.605. The van der Waals surface area contributed by atoms with Crippen LogP contribution in [-0.2, 0) is 6.54 Å². The van der Waals surface area contributed by atoms with E-state index in [2.05, 4.69) is 18.2 Å². The number of aryl methyl sites for hydroxylation is 2. The quantitative estimate of drug-likeness (QED) is 0.600. The summed E-state index contributed by atoms with van der Waals surface area (Å²) in [5, 5.41) is 5.15. The van der Waals surface area contributed by atoms with Crippen LogP contribution in [0.2, 0.25) is 5.02 Å². The molecule has 0 amide bonds. The molecule has 2 aromatic carbocycles. The van der Waals surface area contributed by atoms with Gasteiger partial charge in [0, 0.05) is 18.3 Å². The summed E-state index contributed by atoms with van der Waals surface area (Å²) < 4.78 is 7.82. The molecule has 3 aromatic rings. The molecule has 118 valence electrons. The molecule has 0 N–H and O–H groups in total. The highest BCUT2D eigenvalue weighted by Crippen LogP contribution is 2.30. The maximum Gasteiger partial charge on any atom is 0.146 e. The molecule has 0 bridgehead atoms. The molecule has 0 saturated heterocycles. The molecule has 3 rings (SSSR count). The van der Waals surface area contributed by atoms with Gasteiger partial charge in [0.15, 0.2) is 0 Å². The number of para-hydroxylation sites is 1. The second-order valence-electron chi connectivity index (χ2n) is 5.45. The zero-order valence-corrected chi connectivity index (χ0v) is 14.0. The smallest absolute Gasteiger partial charge is 0.146 e. The maximum atomic E-state index is 6.12. The molecule has 0 aliphatic carbocycles. The number of benzene rings is 2. The van der Waals surface area contributed by atoms with Crippen LogP contribution in [0.1, 0.15) is 19.0 Å². The standard InChI is InChI=1S/C19H19ClN2O/c1-3-12-22-13-17(14(2)21-22)15-8-10-16(11-9-15)23-19-7-5-4-6-18(19)20/h4-11,13H,3,12H2,1-2H3. The van der Waals surface area contributed by atoms with Crippen LogP contribution in [0.4, 0.5) is 0 Å². The van der Waals surface area contributed by atoms with E-state index in [1.54, 1.807) is 0 Å². The molecule has 0 atom stereocenters. The third-order valence-corrected chi connectivity index (χ3v) is 3.94. The molecule has 4 heteroatoms. The van der Waals surface area contributed by atoms with E-state index in [9.17, 15) is 0 Å². The molecule has 1 heterocycles. The Balaban J connectivity index is 1.81. The second-order valence-corrected chi connectivity index (χ2v) is 5.86. The van der Waals surface area contributed by atoms with E-state index in [4.69, 9.17) is 16.3 Å². The Hall–Kier alpha value is -2.26. The summed E-state index contributed by atoms with van der Waals surface area (Å²) in [6.07, 6.45) is 3.17. The van der Waals surface area contributed by atoms with E-state index in [1.807, 2.05) is 60.1 Å². The lowest BCUT2D eigenvalue weighted by molar-refractivity contribution is 0.483. The average molecular weight is 327 g/mol. The predicted molar refractivity (Wildman–Crippen MR) is 94.2 cm³/mol. The van der Waals surface area contributed by atoms with Crippen molar-refractivity contribution >= 4 is 11.6 Å². The number of nitrogens with zero attached hydrogens (tertiary/aromatic N) is 2. The summed E-state index contributed by atoms with van der Waals surface area (Å²) in [5.74, 6) is 1.43. The molecule has 0 saturated carbocycles. The Morgan fingerprint density at radius 3 is 2.52 bits per heavy atom. The lowest BCUT2D eigenvalue weighted by Crippen LogP contribution is -1.96. The van der Waals surface area contributed by atoms with Crippen LogP contribution >= 0.6 is 11.6 Å². The highest BCUT2D eigenvalue weighted by Gasteiger charge is 2.08. The predicted octanol–water partition coefficient (Wildman–Crippen LogP) is 5.71. The van der Waals surface area contributed by atoms with Gasteiger partial charge in [-0.25, -0.2) is 0 Å². The van der Waals surface area contributed by atoms with Gasteiger partial charge in [-0.3, -0.25) is 4.68 Å². The van der Waals surface area contributed by atoms with E-state index < -0.39 is 0 Å². The molecular weight excluding hydrogens is 308 g/mol.